The normalized spacial score (nSPS) is 10.6. The highest BCUT2D eigenvalue weighted by atomic mass is 16.6. The molecule has 0 aromatic heterocycles. The molecule has 5 nitrogen and oxygen atoms in total. The maximum Gasteiger partial charge on any atom is 0.111 e. The van der Waals surface area contributed by atoms with Gasteiger partial charge in [0.15, 0.2) is 0 Å². The maximum absolute atomic E-state index is 5.31. The van der Waals surface area contributed by atoms with Gasteiger partial charge in [0.25, 0.3) is 0 Å². The van der Waals surface area contributed by atoms with Gasteiger partial charge >= 0.3 is 0 Å². The Bertz CT molecular complexity index is 184. The van der Waals surface area contributed by atoms with Crippen LogP contribution < -0.4 is 0 Å². The Morgan fingerprint density at radius 3 is 1.50 bits per heavy atom. The van der Waals surface area contributed by atoms with Crippen LogP contribution in [0.4, 0.5) is 0 Å². The smallest absolute Gasteiger partial charge is 0.111 e. The number of hydrogen-bond acceptors (Lipinski definition) is 5. The van der Waals surface area contributed by atoms with E-state index in [9.17, 15) is 0 Å². The van der Waals surface area contributed by atoms with Crippen LogP contribution in [0.25, 0.3) is 0 Å². The van der Waals surface area contributed by atoms with Crippen molar-refractivity contribution in [3.63, 3.8) is 0 Å². The fraction of sp³-hybridized carbons (Fsp3) is 0.769. The van der Waals surface area contributed by atoms with Crippen LogP contribution in [-0.2, 0) is 23.7 Å². The highest BCUT2D eigenvalue weighted by Gasteiger charge is 1.92. The minimum atomic E-state index is 0.478. The lowest BCUT2D eigenvalue weighted by molar-refractivity contribution is -0.00503. The third-order valence-electron chi connectivity index (χ3n) is 1.84. The van der Waals surface area contributed by atoms with E-state index >= 15 is 0 Å². The van der Waals surface area contributed by atoms with E-state index in [1.807, 2.05) is 6.92 Å². The second-order valence-corrected chi connectivity index (χ2v) is 3.50. The zero-order valence-corrected chi connectivity index (χ0v) is 11.3. The van der Waals surface area contributed by atoms with Crippen molar-refractivity contribution >= 4 is 0 Å². The second kappa shape index (κ2) is 14.4. The predicted octanol–water partition coefficient (Wildman–Crippen LogP) is 1.44. The van der Waals surface area contributed by atoms with Crippen LogP contribution in [0.2, 0.25) is 0 Å². The van der Waals surface area contributed by atoms with Gasteiger partial charge in [-0.25, -0.2) is 0 Å². The lowest BCUT2D eigenvalue weighted by atomic mass is 10.6. The van der Waals surface area contributed by atoms with Crippen molar-refractivity contribution in [2.24, 2.45) is 0 Å². The summed E-state index contributed by atoms with van der Waals surface area (Å²) in [7, 11) is 0. The molecule has 107 valence electrons. The first kappa shape index (κ1) is 17.4. The van der Waals surface area contributed by atoms with E-state index in [-0.39, 0.29) is 0 Å². The molecule has 0 aliphatic rings. The number of hydrogen-bond donors (Lipinski definition) is 0. The highest BCUT2D eigenvalue weighted by Crippen LogP contribution is 1.89. The van der Waals surface area contributed by atoms with Crippen molar-refractivity contribution in [1.82, 2.24) is 0 Å². The molecule has 0 unspecified atom stereocenters. The molecule has 0 fully saturated rings. The van der Waals surface area contributed by atoms with Gasteiger partial charge in [-0.3, -0.25) is 0 Å². The van der Waals surface area contributed by atoms with Gasteiger partial charge in [-0.2, -0.15) is 0 Å². The van der Waals surface area contributed by atoms with Crippen molar-refractivity contribution in [2.75, 3.05) is 59.5 Å². The third kappa shape index (κ3) is 15.4. The minimum Gasteiger partial charge on any atom is -0.496 e. The third-order valence-corrected chi connectivity index (χ3v) is 1.84. The van der Waals surface area contributed by atoms with Crippen LogP contribution in [0.3, 0.4) is 0 Å². The average Bonchev–Trinajstić information content (AvgIpc) is 2.34. The summed E-state index contributed by atoms with van der Waals surface area (Å²) in [5.74, 6) is 0.704. The Balaban J connectivity index is 2.92. The van der Waals surface area contributed by atoms with Gasteiger partial charge in [-0.05, 0) is 13.8 Å². The number of rotatable bonds is 14. The van der Waals surface area contributed by atoms with Crippen LogP contribution in [0.15, 0.2) is 12.3 Å². The van der Waals surface area contributed by atoms with Gasteiger partial charge in [0.2, 0.25) is 0 Å². The minimum absolute atomic E-state index is 0.478. The molecule has 0 aromatic rings. The van der Waals surface area contributed by atoms with Crippen molar-refractivity contribution in [3.05, 3.63) is 19.3 Å². The summed E-state index contributed by atoms with van der Waals surface area (Å²) in [5.41, 5.74) is 0. The Hall–Kier alpha value is -0.620. The van der Waals surface area contributed by atoms with Crippen LogP contribution >= 0.6 is 0 Å². The van der Waals surface area contributed by atoms with Crippen LogP contribution in [0.5, 0.6) is 0 Å². The first-order chi connectivity index (χ1) is 8.77. The number of allylic oxidation sites excluding steroid dienone is 1. The predicted molar refractivity (Wildman–Crippen MR) is 69.4 cm³/mol. The molecule has 5 heteroatoms. The quantitative estimate of drug-likeness (QED) is 0.350. The van der Waals surface area contributed by atoms with Crippen molar-refractivity contribution < 1.29 is 23.7 Å². The molecule has 0 amide bonds. The lowest BCUT2D eigenvalue weighted by Gasteiger charge is -2.07. The summed E-state index contributed by atoms with van der Waals surface area (Å²) in [4.78, 5) is 0. The molecule has 0 aliphatic heterocycles. The van der Waals surface area contributed by atoms with Gasteiger partial charge in [-0.1, -0.05) is 6.58 Å². The first-order valence-corrected chi connectivity index (χ1v) is 6.16. The van der Waals surface area contributed by atoms with Gasteiger partial charge in [0.1, 0.15) is 6.61 Å². The summed E-state index contributed by atoms with van der Waals surface area (Å²) in [6, 6.07) is 0. The largest absolute Gasteiger partial charge is 0.496 e. The van der Waals surface area contributed by atoms with Crippen molar-refractivity contribution in [3.8, 4) is 0 Å². The molecule has 0 atom stereocenters. The average molecular weight is 261 g/mol. The standard InChI is InChI=1S/C13H25O5/c1-4-14-5-6-15-7-8-16-9-10-17-11-12-18-13(2)3/h1-2,4-12H2,3H3. The highest BCUT2D eigenvalue weighted by molar-refractivity contribution is 4.72. The Kier molecular flexibility index (Phi) is 13.9. The molecule has 0 aliphatic carbocycles. The number of ether oxygens (including phenoxy) is 5. The van der Waals surface area contributed by atoms with Crippen LogP contribution in [-0.4, -0.2) is 59.5 Å². The molecular formula is C13H25O5. The summed E-state index contributed by atoms with van der Waals surface area (Å²) in [5, 5.41) is 0. The zero-order chi connectivity index (χ0) is 13.5. The monoisotopic (exact) mass is 261 g/mol. The topological polar surface area (TPSA) is 46.2 Å². The lowest BCUT2D eigenvalue weighted by Crippen LogP contribution is -2.13. The Morgan fingerprint density at radius 2 is 1.11 bits per heavy atom. The molecule has 18 heavy (non-hydrogen) atoms. The SMILES string of the molecule is [CH2]COCCOCCOCCOCCOC(=C)C. The van der Waals surface area contributed by atoms with Gasteiger partial charge in [-0.15, -0.1) is 0 Å². The fourth-order valence-electron chi connectivity index (χ4n) is 1.04. The van der Waals surface area contributed by atoms with Gasteiger partial charge in [0.05, 0.1) is 52.0 Å². The summed E-state index contributed by atoms with van der Waals surface area (Å²) in [6.07, 6.45) is 0. The zero-order valence-electron chi connectivity index (χ0n) is 11.3. The van der Waals surface area contributed by atoms with E-state index in [0.29, 0.717) is 65.2 Å². The summed E-state index contributed by atoms with van der Waals surface area (Å²) < 4.78 is 26.0. The molecule has 1 radical (unpaired) electrons. The maximum atomic E-state index is 5.31. The Labute approximate surface area is 110 Å². The van der Waals surface area contributed by atoms with Crippen molar-refractivity contribution in [2.45, 2.75) is 6.92 Å². The molecule has 0 saturated heterocycles. The fourth-order valence-corrected chi connectivity index (χ4v) is 1.04. The molecule has 0 bridgehead atoms. The molecule has 0 N–H and O–H groups in total. The van der Waals surface area contributed by atoms with E-state index in [0.717, 1.165) is 0 Å². The molecule has 0 aromatic carbocycles. The van der Waals surface area contributed by atoms with Gasteiger partial charge < -0.3 is 23.7 Å². The van der Waals surface area contributed by atoms with E-state index in [1.54, 1.807) is 0 Å². The summed E-state index contributed by atoms with van der Waals surface area (Å²) in [6.45, 7) is 14.0. The summed E-state index contributed by atoms with van der Waals surface area (Å²) >= 11 is 0. The molecule has 0 spiro atoms. The second-order valence-electron chi connectivity index (χ2n) is 3.50. The first-order valence-electron chi connectivity index (χ1n) is 6.16. The molecular weight excluding hydrogens is 236 g/mol. The van der Waals surface area contributed by atoms with E-state index in [1.165, 1.54) is 0 Å². The van der Waals surface area contributed by atoms with Crippen LogP contribution in [0, 0.1) is 6.92 Å². The van der Waals surface area contributed by atoms with Crippen molar-refractivity contribution in [1.29, 1.82) is 0 Å². The van der Waals surface area contributed by atoms with E-state index in [2.05, 4.69) is 13.5 Å². The molecule has 0 heterocycles. The van der Waals surface area contributed by atoms with Gasteiger partial charge in [0, 0.05) is 6.61 Å². The Morgan fingerprint density at radius 1 is 0.722 bits per heavy atom. The molecule has 0 saturated carbocycles. The van der Waals surface area contributed by atoms with Crippen LogP contribution in [0.1, 0.15) is 6.92 Å². The van der Waals surface area contributed by atoms with E-state index in [4.69, 9.17) is 23.7 Å². The molecule has 0 rings (SSSR count). The van der Waals surface area contributed by atoms with E-state index < -0.39 is 0 Å².